The first kappa shape index (κ1) is 16.6. The number of nitrogens with zero attached hydrogens (tertiary/aromatic N) is 1. The van der Waals surface area contributed by atoms with Gasteiger partial charge in [-0.2, -0.15) is 0 Å². The molecule has 2 rings (SSSR count). The van der Waals surface area contributed by atoms with E-state index in [9.17, 15) is 5.11 Å². The number of methoxy groups -OCH3 is 2. The third kappa shape index (κ3) is 3.72. The standard InChI is InChI=1S/C17H26N2O3/c1-12(2)9-14(19-7-5-18-6-8-19)13-10-15(21-3)17(20)16(11-13)22-4/h10-11,14,18,20H,1,5-9H2,2-4H3/t14-/m0/s1. The number of phenolic OH excluding ortho intramolecular Hbond substituents is 1. The quantitative estimate of drug-likeness (QED) is 0.790. The van der Waals surface area contributed by atoms with Gasteiger partial charge in [-0.05, 0) is 31.0 Å². The summed E-state index contributed by atoms with van der Waals surface area (Å²) in [6, 6.07) is 4.00. The largest absolute Gasteiger partial charge is 0.502 e. The van der Waals surface area contributed by atoms with Crippen molar-refractivity contribution < 1.29 is 14.6 Å². The molecule has 1 aliphatic heterocycles. The third-order valence-corrected chi connectivity index (χ3v) is 4.02. The van der Waals surface area contributed by atoms with Gasteiger partial charge >= 0.3 is 0 Å². The fourth-order valence-electron chi connectivity index (χ4n) is 2.89. The van der Waals surface area contributed by atoms with E-state index in [1.807, 2.05) is 19.1 Å². The predicted octanol–water partition coefficient (Wildman–Crippen LogP) is 2.32. The Kier molecular flexibility index (Phi) is 5.69. The normalized spacial score (nSPS) is 17.0. The minimum Gasteiger partial charge on any atom is -0.502 e. The van der Waals surface area contributed by atoms with Crippen molar-refractivity contribution in [3.63, 3.8) is 0 Å². The van der Waals surface area contributed by atoms with Crippen molar-refractivity contribution in [1.82, 2.24) is 10.2 Å². The topological polar surface area (TPSA) is 54.0 Å². The molecular weight excluding hydrogens is 280 g/mol. The van der Waals surface area contributed by atoms with Gasteiger partial charge < -0.3 is 19.9 Å². The Morgan fingerprint density at radius 1 is 1.27 bits per heavy atom. The molecule has 122 valence electrons. The van der Waals surface area contributed by atoms with E-state index in [-0.39, 0.29) is 11.8 Å². The van der Waals surface area contributed by atoms with E-state index >= 15 is 0 Å². The van der Waals surface area contributed by atoms with Crippen LogP contribution >= 0.6 is 0 Å². The summed E-state index contributed by atoms with van der Waals surface area (Å²) in [5.74, 6) is 0.926. The maximum Gasteiger partial charge on any atom is 0.200 e. The first-order chi connectivity index (χ1) is 10.6. The van der Waals surface area contributed by atoms with Crippen LogP contribution in [0.1, 0.15) is 24.9 Å². The number of rotatable bonds is 6. The van der Waals surface area contributed by atoms with Gasteiger partial charge in [0.15, 0.2) is 11.5 Å². The molecule has 0 unspecified atom stereocenters. The summed E-state index contributed by atoms with van der Waals surface area (Å²) in [6.45, 7) is 10.1. The Balaban J connectivity index is 2.39. The maximum atomic E-state index is 10.1. The zero-order valence-electron chi connectivity index (χ0n) is 13.7. The zero-order chi connectivity index (χ0) is 16.1. The number of piperazine rings is 1. The van der Waals surface area contributed by atoms with Crippen LogP contribution in [0.25, 0.3) is 0 Å². The highest BCUT2D eigenvalue weighted by atomic mass is 16.5. The van der Waals surface area contributed by atoms with Crippen LogP contribution in [-0.4, -0.2) is 50.4 Å². The van der Waals surface area contributed by atoms with E-state index in [0.29, 0.717) is 11.5 Å². The van der Waals surface area contributed by atoms with Gasteiger partial charge in [0.2, 0.25) is 5.75 Å². The number of phenols is 1. The van der Waals surface area contributed by atoms with E-state index in [1.165, 1.54) is 0 Å². The second kappa shape index (κ2) is 7.51. The highest BCUT2D eigenvalue weighted by Crippen LogP contribution is 2.41. The Bertz CT molecular complexity index is 500. The molecule has 1 atom stereocenters. The minimum absolute atomic E-state index is 0.0446. The maximum absolute atomic E-state index is 10.1. The SMILES string of the molecule is C=C(C)C[C@@H](c1cc(OC)c(O)c(OC)c1)N1CCNCC1. The molecular formula is C17H26N2O3. The van der Waals surface area contributed by atoms with Gasteiger partial charge in [-0.1, -0.05) is 5.57 Å². The molecule has 5 heteroatoms. The number of hydrogen-bond donors (Lipinski definition) is 2. The van der Waals surface area contributed by atoms with Crippen molar-refractivity contribution in [2.75, 3.05) is 40.4 Å². The van der Waals surface area contributed by atoms with E-state index in [1.54, 1.807) is 14.2 Å². The Morgan fingerprint density at radius 3 is 2.27 bits per heavy atom. The Morgan fingerprint density at radius 2 is 1.82 bits per heavy atom. The number of hydrogen-bond acceptors (Lipinski definition) is 5. The van der Waals surface area contributed by atoms with E-state index in [2.05, 4.69) is 16.8 Å². The summed E-state index contributed by atoms with van der Waals surface area (Å²) >= 11 is 0. The van der Waals surface area contributed by atoms with E-state index in [4.69, 9.17) is 9.47 Å². The van der Waals surface area contributed by atoms with Crippen LogP contribution in [0.3, 0.4) is 0 Å². The van der Waals surface area contributed by atoms with Crippen LogP contribution in [0.2, 0.25) is 0 Å². The van der Waals surface area contributed by atoms with Gasteiger partial charge in [0.05, 0.1) is 14.2 Å². The van der Waals surface area contributed by atoms with Crippen LogP contribution in [0.5, 0.6) is 17.2 Å². The molecule has 1 heterocycles. The molecule has 1 saturated heterocycles. The number of aromatic hydroxyl groups is 1. The first-order valence-electron chi connectivity index (χ1n) is 7.60. The van der Waals surface area contributed by atoms with Gasteiger partial charge in [-0.25, -0.2) is 0 Å². The van der Waals surface area contributed by atoms with Gasteiger partial charge in [0.1, 0.15) is 0 Å². The summed E-state index contributed by atoms with van der Waals surface area (Å²) in [7, 11) is 3.10. The number of nitrogens with one attached hydrogen (secondary N) is 1. The third-order valence-electron chi connectivity index (χ3n) is 4.02. The Labute approximate surface area is 132 Å². The zero-order valence-corrected chi connectivity index (χ0v) is 13.7. The van der Waals surface area contributed by atoms with Crippen LogP contribution < -0.4 is 14.8 Å². The second-order valence-corrected chi connectivity index (χ2v) is 5.74. The predicted molar refractivity (Wildman–Crippen MR) is 87.8 cm³/mol. The molecule has 1 aromatic rings. The van der Waals surface area contributed by atoms with Crippen molar-refractivity contribution >= 4 is 0 Å². The molecule has 5 nitrogen and oxygen atoms in total. The summed E-state index contributed by atoms with van der Waals surface area (Å²) in [4.78, 5) is 2.44. The average molecular weight is 306 g/mol. The molecule has 0 aliphatic carbocycles. The Hall–Kier alpha value is -1.72. The van der Waals surface area contributed by atoms with Crippen LogP contribution in [0.4, 0.5) is 0 Å². The molecule has 22 heavy (non-hydrogen) atoms. The van der Waals surface area contributed by atoms with E-state index < -0.39 is 0 Å². The van der Waals surface area contributed by atoms with E-state index in [0.717, 1.165) is 43.7 Å². The second-order valence-electron chi connectivity index (χ2n) is 5.74. The fourth-order valence-corrected chi connectivity index (χ4v) is 2.89. The van der Waals surface area contributed by atoms with Crippen molar-refractivity contribution in [3.05, 3.63) is 29.8 Å². The van der Waals surface area contributed by atoms with Gasteiger partial charge in [-0.3, -0.25) is 4.90 Å². The summed E-state index contributed by atoms with van der Waals surface area (Å²) < 4.78 is 10.6. The fraction of sp³-hybridized carbons (Fsp3) is 0.529. The summed E-state index contributed by atoms with van der Waals surface area (Å²) in [5, 5.41) is 13.5. The lowest BCUT2D eigenvalue weighted by Gasteiger charge is -2.35. The molecule has 0 amide bonds. The van der Waals surface area contributed by atoms with Gasteiger partial charge in [0, 0.05) is 32.2 Å². The number of ether oxygens (including phenoxy) is 2. The minimum atomic E-state index is 0.0446. The molecule has 0 saturated carbocycles. The molecule has 1 fully saturated rings. The molecule has 0 bridgehead atoms. The average Bonchev–Trinajstić information content (AvgIpc) is 2.53. The molecule has 2 N–H and O–H groups in total. The summed E-state index contributed by atoms with van der Waals surface area (Å²) in [6.07, 6.45) is 0.872. The molecule has 0 aromatic heterocycles. The number of benzene rings is 1. The van der Waals surface area contributed by atoms with Crippen LogP contribution in [-0.2, 0) is 0 Å². The monoisotopic (exact) mass is 306 g/mol. The molecule has 1 aliphatic rings. The molecule has 1 aromatic carbocycles. The van der Waals surface area contributed by atoms with Gasteiger partial charge in [0.25, 0.3) is 0 Å². The molecule has 0 spiro atoms. The molecule has 0 radical (unpaired) electrons. The lowest BCUT2D eigenvalue weighted by Crippen LogP contribution is -2.45. The van der Waals surface area contributed by atoms with Crippen molar-refractivity contribution in [1.29, 1.82) is 0 Å². The highest BCUT2D eigenvalue weighted by molar-refractivity contribution is 5.53. The van der Waals surface area contributed by atoms with Crippen molar-refractivity contribution in [2.45, 2.75) is 19.4 Å². The van der Waals surface area contributed by atoms with Crippen molar-refractivity contribution in [3.8, 4) is 17.2 Å². The first-order valence-corrected chi connectivity index (χ1v) is 7.60. The van der Waals surface area contributed by atoms with Crippen LogP contribution in [0.15, 0.2) is 24.3 Å². The lowest BCUT2D eigenvalue weighted by atomic mass is 9.97. The smallest absolute Gasteiger partial charge is 0.200 e. The summed E-state index contributed by atoms with van der Waals surface area (Å²) in [5.41, 5.74) is 2.21. The lowest BCUT2D eigenvalue weighted by molar-refractivity contribution is 0.171. The van der Waals surface area contributed by atoms with Crippen LogP contribution in [0, 0.1) is 0 Å². The van der Waals surface area contributed by atoms with Gasteiger partial charge in [-0.15, -0.1) is 6.58 Å². The van der Waals surface area contributed by atoms with Crippen molar-refractivity contribution in [2.24, 2.45) is 0 Å². The highest BCUT2D eigenvalue weighted by Gasteiger charge is 2.24.